The molecule has 0 unspecified atom stereocenters. The van der Waals surface area contributed by atoms with E-state index in [0.29, 0.717) is 35.0 Å². The van der Waals surface area contributed by atoms with Crippen LogP contribution in [0.4, 0.5) is 11.4 Å². The fourth-order valence-electron chi connectivity index (χ4n) is 4.91. The number of hydrogen-bond donors (Lipinski definition) is 1. The van der Waals surface area contributed by atoms with Gasteiger partial charge in [-0.1, -0.05) is 59.6 Å². The van der Waals surface area contributed by atoms with Crippen molar-refractivity contribution < 1.29 is 26.4 Å². The molecule has 1 amide bonds. The highest BCUT2D eigenvalue weighted by Crippen LogP contribution is 2.35. The van der Waals surface area contributed by atoms with Gasteiger partial charge in [-0.25, -0.2) is 16.8 Å². The maximum atomic E-state index is 13.7. The summed E-state index contributed by atoms with van der Waals surface area (Å²) in [5.74, 6) is -0.269. The first-order valence-corrected chi connectivity index (χ1v) is 17.2. The lowest BCUT2D eigenvalue weighted by atomic mass is 10.1. The Balaban J connectivity index is 1.37. The van der Waals surface area contributed by atoms with Gasteiger partial charge in [-0.3, -0.25) is 9.10 Å². The Hall–Kier alpha value is -3.61. The summed E-state index contributed by atoms with van der Waals surface area (Å²) >= 11 is 12.2. The largest absolute Gasteiger partial charge is 0.495 e. The Morgan fingerprint density at radius 3 is 2.30 bits per heavy atom. The Morgan fingerprint density at radius 2 is 1.61 bits per heavy atom. The van der Waals surface area contributed by atoms with Crippen molar-refractivity contribution in [2.24, 2.45) is 0 Å². The van der Waals surface area contributed by atoms with Gasteiger partial charge in [0.05, 0.1) is 34.2 Å². The Kier molecular flexibility index (Phi) is 9.52. The summed E-state index contributed by atoms with van der Waals surface area (Å²) in [5, 5.41) is 3.29. The molecule has 0 radical (unpaired) electrons. The van der Waals surface area contributed by atoms with E-state index in [9.17, 15) is 21.6 Å². The van der Waals surface area contributed by atoms with Crippen molar-refractivity contribution in [1.29, 1.82) is 0 Å². The molecule has 0 atom stereocenters. The zero-order valence-electron chi connectivity index (χ0n) is 23.6. The molecule has 0 fully saturated rings. The van der Waals surface area contributed by atoms with Crippen LogP contribution in [0.5, 0.6) is 5.75 Å². The second-order valence-electron chi connectivity index (χ2n) is 10.0. The van der Waals surface area contributed by atoms with Gasteiger partial charge in [0.25, 0.3) is 10.0 Å². The highest BCUT2D eigenvalue weighted by molar-refractivity contribution is 7.92. The molecule has 4 aromatic rings. The summed E-state index contributed by atoms with van der Waals surface area (Å²) in [6, 6.07) is 24.4. The normalized spacial score (nSPS) is 13.1. The number of sulfonamides is 2. The number of anilines is 2. The maximum absolute atomic E-state index is 13.7. The Morgan fingerprint density at radius 1 is 0.909 bits per heavy atom. The van der Waals surface area contributed by atoms with Gasteiger partial charge in [0.1, 0.15) is 5.75 Å². The summed E-state index contributed by atoms with van der Waals surface area (Å²) < 4.78 is 61.8. The van der Waals surface area contributed by atoms with E-state index in [2.05, 4.69) is 5.32 Å². The number of nitrogens with one attached hydrogen (secondary N) is 1. The van der Waals surface area contributed by atoms with Gasteiger partial charge in [0, 0.05) is 23.8 Å². The van der Waals surface area contributed by atoms with Crippen LogP contribution in [0, 0.1) is 0 Å². The van der Waals surface area contributed by atoms with Gasteiger partial charge in [-0.2, -0.15) is 4.31 Å². The van der Waals surface area contributed by atoms with Crippen LogP contribution in [-0.4, -0.2) is 53.8 Å². The molecule has 1 aliphatic heterocycles. The Bertz CT molecular complexity index is 1890. The van der Waals surface area contributed by atoms with Gasteiger partial charge >= 0.3 is 0 Å². The van der Waals surface area contributed by atoms with Crippen molar-refractivity contribution >= 4 is 60.5 Å². The number of halogens is 2. The average molecular weight is 675 g/mol. The Labute approximate surface area is 267 Å². The molecule has 0 saturated heterocycles. The number of ether oxygens (including phenoxy) is 1. The summed E-state index contributed by atoms with van der Waals surface area (Å²) in [4.78, 5) is 13.3. The lowest BCUT2D eigenvalue weighted by Gasteiger charge is -2.23. The van der Waals surface area contributed by atoms with Crippen molar-refractivity contribution in [3.05, 3.63) is 112 Å². The molecule has 1 heterocycles. The number of amides is 1. The summed E-state index contributed by atoms with van der Waals surface area (Å²) in [7, 11) is -6.58. The van der Waals surface area contributed by atoms with Crippen LogP contribution >= 0.6 is 23.2 Å². The highest BCUT2D eigenvalue weighted by Gasteiger charge is 2.32. The van der Waals surface area contributed by atoms with E-state index < -0.39 is 32.5 Å². The molecule has 44 heavy (non-hydrogen) atoms. The molecule has 13 heteroatoms. The van der Waals surface area contributed by atoms with E-state index in [4.69, 9.17) is 27.9 Å². The lowest BCUT2D eigenvalue weighted by Crippen LogP contribution is -2.39. The number of fused-ring (bicyclic) bond motifs is 1. The average Bonchev–Trinajstić information content (AvgIpc) is 3.44. The molecular formula is C31H29Cl2N3O6S2. The van der Waals surface area contributed by atoms with E-state index in [1.807, 2.05) is 30.3 Å². The summed E-state index contributed by atoms with van der Waals surface area (Å²) in [6.45, 7) is -0.211. The molecular weight excluding hydrogens is 645 g/mol. The molecule has 0 aliphatic carbocycles. The quantitative estimate of drug-likeness (QED) is 0.221. The second-order valence-corrected chi connectivity index (χ2v) is 14.7. The van der Waals surface area contributed by atoms with Crippen molar-refractivity contribution in [3.8, 4) is 5.75 Å². The first-order valence-electron chi connectivity index (χ1n) is 13.6. The predicted octanol–water partition coefficient (Wildman–Crippen LogP) is 5.63. The number of hydrogen-bond acceptors (Lipinski definition) is 6. The van der Waals surface area contributed by atoms with E-state index in [1.54, 1.807) is 18.2 Å². The molecule has 0 aromatic heterocycles. The first kappa shape index (κ1) is 31.8. The van der Waals surface area contributed by atoms with E-state index >= 15 is 0 Å². The smallest absolute Gasteiger partial charge is 0.264 e. The molecule has 9 nitrogen and oxygen atoms in total. The zero-order valence-corrected chi connectivity index (χ0v) is 26.8. The minimum atomic E-state index is -4.14. The van der Waals surface area contributed by atoms with Crippen LogP contribution in [0.3, 0.4) is 0 Å². The van der Waals surface area contributed by atoms with Gasteiger partial charge in [0.2, 0.25) is 15.9 Å². The molecule has 0 bridgehead atoms. The van der Waals surface area contributed by atoms with Gasteiger partial charge in [-0.15, -0.1) is 0 Å². The topological polar surface area (TPSA) is 113 Å². The third kappa shape index (κ3) is 6.87. The van der Waals surface area contributed by atoms with Crippen molar-refractivity contribution in [1.82, 2.24) is 4.31 Å². The van der Waals surface area contributed by atoms with Crippen LogP contribution in [0.15, 0.2) is 101 Å². The van der Waals surface area contributed by atoms with Crippen molar-refractivity contribution in [2.45, 2.75) is 22.6 Å². The first-order chi connectivity index (χ1) is 21.0. The fourth-order valence-corrected chi connectivity index (χ4v) is 8.28. The van der Waals surface area contributed by atoms with E-state index in [1.165, 1.54) is 53.9 Å². The molecule has 1 N–H and O–H groups in total. The fraction of sp³-hybridized carbons (Fsp3) is 0.194. The van der Waals surface area contributed by atoms with Crippen LogP contribution in [0.1, 0.15) is 11.1 Å². The van der Waals surface area contributed by atoms with Crippen LogP contribution in [-0.2, 0) is 37.7 Å². The molecule has 0 spiro atoms. The summed E-state index contributed by atoms with van der Waals surface area (Å²) in [5.41, 5.74) is 2.49. The van der Waals surface area contributed by atoms with Crippen LogP contribution < -0.4 is 14.4 Å². The minimum absolute atomic E-state index is 0.0285. The standard InChI is InChI=1S/C31H29Cl2N3O6S2/c1-42-30-14-13-27(20-28(30)33)43(38,39)35(17-15-22-5-3-2-4-6-22)21-31(37)34-25-10-7-23-16-18-36(29(23)19-25)44(40,41)26-11-8-24(32)9-12-26/h2-14,19-20H,15-18,21H2,1H3,(H,34,37). The third-order valence-electron chi connectivity index (χ3n) is 7.20. The van der Waals surface area contributed by atoms with Gasteiger partial charge < -0.3 is 10.1 Å². The maximum Gasteiger partial charge on any atom is 0.264 e. The number of methoxy groups -OCH3 is 1. The zero-order chi connectivity index (χ0) is 31.5. The van der Waals surface area contributed by atoms with Gasteiger partial charge in [0.15, 0.2) is 0 Å². The number of benzene rings is 4. The monoisotopic (exact) mass is 673 g/mol. The van der Waals surface area contributed by atoms with Crippen LogP contribution in [0.2, 0.25) is 10.0 Å². The SMILES string of the molecule is COc1ccc(S(=O)(=O)N(CCc2ccccc2)CC(=O)Nc2ccc3c(c2)N(S(=O)(=O)c2ccc(Cl)cc2)CC3)cc1Cl. The highest BCUT2D eigenvalue weighted by atomic mass is 35.5. The van der Waals surface area contributed by atoms with Crippen molar-refractivity contribution in [3.63, 3.8) is 0 Å². The number of carbonyl (C=O) groups excluding carboxylic acids is 1. The molecule has 4 aromatic carbocycles. The molecule has 0 saturated carbocycles. The van der Waals surface area contributed by atoms with E-state index in [0.717, 1.165) is 15.4 Å². The summed E-state index contributed by atoms with van der Waals surface area (Å²) in [6.07, 6.45) is 0.875. The second kappa shape index (κ2) is 13.2. The number of rotatable bonds is 11. The van der Waals surface area contributed by atoms with Gasteiger partial charge in [-0.05, 0) is 78.6 Å². The molecule has 230 valence electrons. The minimum Gasteiger partial charge on any atom is -0.495 e. The molecule has 1 aliphatic rings. The van der Waals surface area contributed by atoms with E-state index in [-0.39, 0.29) is 27.9 Å². The lowest BCUT2D eigenvalue weighted by molar-refractivity contribution is -0.116. The number of nitrogens with zero attached hydrogens (tertiary/aromatic N) is 2. The number of carbonyl (C=O) groups is 1. The van der Waals surface area contributed by atoms with Crippen molar-refractivity contribution in [2.75, 3.05) is 36.4 Å². The molecule has 5 rings (SSSR count). The third-order valence-corrected chi connectivity index (χ3v) is 11.4. The predicted molar refractivity (Wildman–Crippen MR) is 172 cm³/mol. The van der Waals surface area contributed by atoms with Crippen LogP contribution in [0.25, 0.3) is 0 Å².